The molecule has 0 saturated carbocycles. The van der Waals surface area contributed by atoms with Crippen LogP contribution >= 0.6 is 0 Å². The summed E-state index contributed by atoms with van der Waals surface area (Å²) in [6.07, 6.45) is 1.49. The van der Waals surface area contributed by atoms with Crippen molar-refractivity contribution in [1.29, 1.82) is 5.26 Å². The van der Waals surface area contributed by atoms with E-state index in [-0.39, 0.29) is 17.2 Å². The van der Waals surface area contributed by atoms with Crippen LogP contribution in [0, 0.1) is 11.3 Å². The van der Waals surface area contributed by atoms with Gasteiger partial charge in [0.25, 0.3) is 0 Å². The minimum Gasteiger partial charge on any atom is -0.468 e. The third-order valence-electron chi connectivity index (χ3n) is 2.81. The van der Waals surface area contributed by atoms with Gasteiger partial charge in [-0.3, -0.25) is 4.79 Å². The fourth-order valence-electron chi connectivity index (χ4n) is 2.08. The lowest BCUT2D eigenvalue weighted by atomic mass is 9.85. The molecule has 0 saturated heterocycles. The average molecular weight is 244 g/mol. The van der Waals surface area contributed by atoms with E-state index in [0.29, 0.717) is 17.1 Å². The van der Waals surface area contributed by atoms with Gasteiger partial charge < -0.3 is 14.9 Å². The van der Waals surface area contributed by atoms with Crippen LogP contribution in [0.25, 0.3) is 0 Å². The summed E-state index contributed by atoms with van der Waals surface area (Å²) in [6.45, 7) is 3.07. The molecule has 0 fully saturated rings. The van der Waals surface area contributed by atoms with Crippen molar-refractivity contribution in [2.45, 2.75) is 19.8 Å². The molecule has 0 amide bonds. The third kappa shape index (κ3) is 1.78. The molecule has 2 rings (SSSR count). The number of furan rings is 1. The van der Waals surface area contributed by atoms with Crippen LogP contribution < -0.4 is 5.73 Å². The van der Waals surface area contributed by atoms with E-state index in [9.17, 15) is 10.1 Å². The number of Topliss-reactive ketones (excluding diaryl/α,β-unsaturated/α-hetero) is 1. The predicted octanol–water partition coefficient (Wildman–Crippen LogP) is 1.95. The number of nitrogens with two attached hydrogens (primary N) is 1. The Balaban J connectivity index is 2.63. The molecule has 5 nitrogen and oxygen atoms in total. The van der Waals surface area contributed by atoms with E-state index >= 15 is 0 Å². The maximum Gasteiger partial charge on any atom is 0.205 e. The van der Waals surface area contributed by atoms with Crippen LogP contribution in [0.15, 0.2) is 45.6 Å². The number of ether oxygens (including phenoxy) is 1. The molecule has 0 aliphatic carbocycles. The second kappa shape index (κ2) is 4.41. The molecule has 1 aliphatic heterocycles. The molecule has 0 unspecified atom stereocenters. The van der Waals surface area contributed by atoms with Crippen molar-refractivity contribution in [1.82, 2.24) is 0 Å². The molecular formula is C13H12N2O3. The quantitative estimate of drug-likeness (QED) is 0.858. The molecule has 18 heavy (non-hydrogen) atoms. The summed E-state index contributed by atoms with van der Waals surface area (Å²) < 4.78 is 10.5. The number of carbonyl (C=O) groups is 1. The van der Waals surface area contributed by atoms with Crippen molar-refractivity contribution in [2.24, 2.45) is 5.73 Å². The number of hydrogen-bond acceptors (Lipinski definition) is 5. The molecule has 1 aromatic heterocycles. The van der Waals surface area contributed by atoms with Gasteiger partial charge in [-0.15, -0.1) is 0 Å². The molecule has 5 heteroatoms. The van der Waals surface area contributed by atoms with Crippen LogP contribution in [0.1, 0.15) is 25.5 Å². The molecule has 0 aromatic carbocycles. The third-order valence-corrected chi connectivity index (χ3v) is 2.81. The summed E-state index contributed by atoms with van der Waals surface area (Å²) in [6, 6.07) is 5.38. The van der Waals surface area contributed by atoms with E-state index in [1.54, 1.807) is 19.1 Å². The van der Waals surface area contributed by atoms with Crippen LogP contribution in [0.4, 0.5) is 0 Å². The van der Waals surface area contributed by atoms with Gasteiger partial charge in [0.1, 0.15) is 23.2 Å². The van der Waals surface area contributed by atoms with Crippen molar-refractivity contribution in [3.63, 3.8) is 0 Å². The Morgan fingerprint density at radius 1 is 1.56 bits per heavy atom. The van der Waals surface area contributed by atoms with E-state index in [2.05, 4.69) is 0 Å². The maximum absolute atomic E-state index is 11.7. The topological polar surface area (TPSA) is 89.2 Å². The van der Waals surface area contributed by atoms with Crippen LogP contribution in [0.3, 0.4) is 0 Å². The SMILES string of the molecule is CC(=O)C1=C(C)OC(N)=C(C#N)[C@H]1c1ccco1. The Morgan fingerprint density at radius 2 is 2.28 bits per heavy atom. The summed E-state index contributed by atoms with van der Waals surface area (Å²) in [5, 5.41) is 9.17. The van der Waals surface area contributed by atoms with Gasteiger partial charge in [0.05, 0.1) is 12.2 Å². The highest BCUT2D eigenvalue weighted by Gasteiger charge is 2.35. The number of rotatable bonds is 2. The molecule has 1 aromatic rings. The molecule has 2 heterocycles. The standard InChI is InChI=1S/C13H12N2O3/c1-7(16)11-8(2)18-13(15)9(6-14)12(11)10-4-3-5-17-10/h3-5,12H,15H2,1-2H3/t12-/m0/s1. The average Bonchev–Trinajstić information content (AvgIpc) is 2.80. The summed E-state index contributed by atoms with van der Waals surface area (Å²) in [5.41, 5.74) is 6.28. The van der Waals surface area contributed by atoms with Gasteiger partial charge in [-0.1, -0.05) is 0 Å². The van der Waals surface area contributed by atoms with E-state index in [0.717, 1.165) is 0 Å². The van der Waals surface area contributed by atoms with Crippen molar-refractivity contribution >= 4 is 5.78 Å². The smallest absolute Gasteiger partial charge is 0.205 e. The lowest BCUT2D eigenvalue weighted by molar-refractivity contribution is -0.114. The zero-order valence-electron chi connectivity index (χ0n) is 10.1. The molecule has 1 atom stereocenters. The highest BCUT2D eigenvalue weighted by molar-refractivity contribution is 5.96. The summed E-state index contributed by atoms with van der Waals surface area (Å²) in [7, 11) is 0. The first-order valence-electron chi connectivity index (χ1n) is 5.39. The second-order valence-electron chi connectivity index (χ2n) is 3.97. The van der Waals surface area contributed by atoms with Crippen LogP contribution in [-0.2, 0) is 9.53 Å². The van der Waals surface area contributed by atoms with Gasteiger partial charge in [-0.2, -0.15) is 5.26 Å². The molecule has 1 aliphatic rings. The van der Waals surface area contributed by atoms with Gasteiger partial charge in [0, 0.05) is 5.57 Å². The number of hydrogen-bond donors (Lipinski definition) is 1. The zero-order valence-corrected chi connectivity index (χ0v) is 10.1. The van der Waals surface area contributed by atoms with Crippen molar-refractivity contribution in [3.8, 4) is 6.07 Å². The Bertz CT molecular complexity index is 588. The maximum atomic E-state index is 11.7. The Hall–Kier alpha value is -2.48. The fraction of sp³-hybridized carbons (Fsp3) is 0.231. The first-order valence-corrected chi connectivity index (χ1v) is 5.39. The van der Waals surface area contributed by atoms with Crippen molar-refractivity contribution < 1.29 is 13.9 Å². The highest BCUT2D eigenvalue weighted by Crippen LogP contribution is 2.39. The summed E-state index contributed by atoms with van der Waals surface area (Å²) in [4.78, 5) is 11.7. The molecule has 92 valence electrons. The van der Waals surface area contributed by atoms with Crippen LogP contribution in [0.5, 0.6) is 0 Å². The normalized spacial score (nSPS) is 19.5. The predicted molar refractivity (Wildman–Crippen MR) is 62.7 cm³/mol. The fourth-order valence-corrected chi connectivity index (χ4v) is 2.08. The molecular weight excluding hydrogens is 232 g/mol. The first kappa shape index (κ1) is 12.0. The van der Waals surface area contributed by atoms with Gasteiger partial charge in [0.2, 0.25) is 5.88 Å². The van der Waals surface area contributed by atoms with Gasteiger partial charge in [-0.25, -0.2) is 0 Å². The lowest BCUT2D eigenvalue weighted by Crippen LogP contribution is -2.22. The van der Waals surface area contributed by atoms with E-state index in [1.807, 2.05) is 6.07 Å². The minimum atomic E-state index is -0.587. The van der Waals surface area contributed by atoms with E-state index < -0.39 is 5.92 Å². The van der Waals surface area contributed by atoms with Gasteiger partial charge in [-0.05, 0) is 26.0 Å². The van der Waals surface area contributed by atoms with Crippen molar-refractivity contribution in [2.75, 3.05) is 0 Å². The lowest BCUT2D eigenvalue weighted by Gasteiger charge is -2.24. The summed E-state index contributed by atoms with van der Waals surface area (Å²) in [5.74, 6) is 0.162. The number of carbonyl (C=O) groups excluding carboxylic acids is 1. The molecule has 2 N–H and O–H groups in total. The molecule has 0 radical (unpaired) electrons. The minimum absolute atomic E-state index is 0.0152. The molecule has 0 bridgehead atoms. The Labute approximate surface area is 104 Å². The Kier molecular flexibility index (Phi) is 2.94. The number of nitriles is 1. The second-order valence-corrected chi connectivity index (χ2v) is 3.97. The summed E-state index contributed by atoms with van der Waals surface area (Å²) >= 11 is 0. The van der Waals surface area contributed by atoms with Crippen molar-refractivity contribution in [3.05, 3.63) is 46.9 Å². The largest absolute Gasteiger partial charge is 0.468 e. The monoisotopic (exact) mass is 244 g/mol. The van der Waals surface area contributed by atoms with Crippen LogP contribution in [-0.4, -0.2) is 5.78 Å². The Morgan fingerprint density at radius 3 is 2.78 bits per heavy atom. The zero-order chi connectivity index (χ0) is 13.3. The van der Waals surface area contributed by atoms with E-state index in [4.69, 9.17) is 14.9 Å². The number of allylic oxidation sites excluding steroid dienone is 3. The van der Waals surface area contributed by atoms with E-state index in [1.165, 1.54) is 13.2 Å². The molecule has 0 spiro atoms. The highest BCUT2D eigenvalue weighted by atomic mass is 16.5. The van der Waals surface area contributed by atoms with Gasteiger partial charge >= 0.3 is 0 Å². The number of ketones is 1. The van der Waals surface area contributed by atoms with Gasteiger partial charge in [0.15, 0.2) is 5.78 Å². The van der Waals surface area contributed by atoms with Crippen LogP contribution in [0.2, 0.25) is 0 Å². The first-order chi connectivity index (χ1) is 8.56. The number of nitrogens with zero attached hydrogens (tertiary/aromatic N) is 1.